The second-order valence-corrected chi connectivity index (χ2v) is 5.16. The third kappa shape index (κ3) is 6.10. The fourth-order valence-corrected chi connectivity index (χ4v) is 0.626. The molecular weight excluding hydrogens is 158 g/mol. The Balaban J connectivity index is 4.04. The van der Waals surface area contributed by atoms with Crippen LogP contribution in [0.25, 0.3) is 0 Å². The molecule has 11 heavy (non-hydrogen) atoms. The van der Waals surface area contributed by atoms with E-state index in [0.717, 1.165) is 4.91 Å². The molecule has 0 spiro atoms. The SMILES string of the molecule is CC(=CNC(C)(C)C)S(C)=O. The van der Waals surface area contributed by atoms with Crippen LogP contribution in [0, 0.1) is 0 Å². The molecule has 0 amide bonds. The summed E-state index contributed by atoms with van der Waals surface area (Å²) in [5, 5.41) is 3.15. The van der Waals surface area contributed by atoms with Crippen LogP contribution in [0.15, 0.2) is 11.1 Å². The van der Waals surface area contributed by atoms with Crippen molar-refractivity contribution in [3.63, 3.8) is 0 Å². The summed E-state index contributed by atoms with van der Waals surface area (Å²) >= 11 is 0. The Morgan fingerprint density at radius 2 is 1.91 bits per heavy atom. The summed E-state index contributed by atoms with van der Waals surface area (Å²) in [4.78, 5) is 0.875. The van der Waals surface area contributed by atoms with Crippen molar-refractivity contribution in [1.29, 1.82) is 0 Å². The lowest BCUT2D eigenvalue weighted by Crippen LogP contribution is -2.31. The molecule has 0 fully saturated rings. The van der Waals surface area contributed by atoms with E-state index in [9.17, 15) is 4.21 Å². The number of rotatable bonds is 2. The molecule has 0 aromatic rings. The minimum atomic E-state index is -0.846. The van der Waals surface area contributed by atoms with Gasteiger partial charge in [-0.15, -0.1) is 0 Å². The van der Waals surface area contributed by atoms with Gasteiger partial charge in [-0.05, 0) is 27.7 Å². The maximum absolute atomic E-state index is 10.9. The molecule has 0 aliphatic carbocycles. The first-order valence-electron chi connectivity index (χ1n) is 3.61. The maximum atomic E-state index is 10.9. The van der Waals surface area contributed by atoms with E-state index in [0.29, 0.717) is 0 Å². The van der Waals surface area contributed by atoms with E-state index in [1.165, 1.54) is 0 Å². The van der Waals surface area contributed by atoms with Gasteiger partial charge in [0.25, 0.3) is 0 Å². The van der Waals surface area contributed by atoms with Crippen LogP contribution in [0.3, 0.4) is 0 Å². The Bertz CT molecular complexity index is 179. The van der Waals surface area contributed by atoms with Gasteiger partial charge in [0, 0.05) is 33.7 Å². The normalized spacial score (nSPS) is 16.3. The van der Waals surface area contributed by atoms with Crippen LogP contribution in [-0.2, 0) is 10.8 Å². The van der Waals surface area contributed by atoms with Gasteiger partial charge in [0.15, 0.2) is 0 Å². The van der Waals surface area contributed by atoms with Crippen molar-refractivity contribution in [2.75, 3.05) is 6.26 Å². The highest BCUT2D eigenvalue weighted by molar-refractivity contribution is 7.88. The van der Waals surface area contributed by atoms with E-state index in [2.05, 4.69) is 26.1 Å². The molecule has 0 bridgehead atoms. The predicted octanol–water partition coefficient (Wildman–Crippen LogP) is 1.61. The zero-order valence-electron chi connectivity index (χ0n) is 7.89. The van der Waals surface area contributed by atoms with Gasteiger partial charge < -0.3 is 5.32 Å². The minimum Gasteiger partial charge on any atom is -0.386 e. The largest absolute Gasteiger partial charge is 0.386 e. The highest BCUT2D eigenvalue weighted by Gasteiger charge is 2.05. The molecule has 0 radical (unpaired) electrons. The lowest BCUT2D eigenvalue weighted by Gasteiger charge is -2.19. The number of hydrogen-bond acceptors (Lipinski definition) is 2. The van der Waals surface area contributed by atoms with Gasteiger partial charge in [0.05, 0.1) is 0 Å². The van der Waals surface area contributed by atoms with Crippen molar-refractivity contribution >= 4 is 10.8 Å². The summed E-state index contributed by atoms with van der Waals surface area (Å²) < 4.78 is 10.9. The van der Waals surface area contributed by atoms with Crippen LogP contribution in [0.2, 0.25) is 0 Å². The Hall–Kier alpha value is -0.310. The summed E-state index contributed by atoms with van der Waals surface area (Å²) in [5.74, 6) is 0. The molecule has 3 heteroatoms. The zero-order valence-corrected chi connectivity index (χ0v) is 8.71. The molecule has 0 heterocycles. The highest BCUT2D eigenvalue weighted by Crippen LogP contribution is 2.01. The Labute approximate surface area is 71.5 Å². The fourth-order valence-electron chi connectivity index (χ4n) is 0.401. The van der Waals surface area contributed by atoms with Crippen LogP contribution in [0.1, 0.15) is 27.7 Å². The minimum absolute atomic E-state index is 0.0562. The average molecular weight is 175 g/mol. The molecule has 0 saturated heterocycles. The highest BCUT2D eigenvalue weighted by atomic mass is 32.2. The van der Waals surface area contributed by atoms with Gasteiger partial charge in [-0.2, -0.15) is 0 Å². The molecule has 0 saturated carbocycles. The quantitative estimate of drug-likeness (QED) is 0.691. The summed E-state index contributed by atoms with van der Waals surface area (Å²) in [6, 6.07) is 0. The first-order valence-corrected chi connectivity index (χ1v) is 5.16. The van der Waals surface area contributed by atoms with Gasteiger partial charge in [-0.25, -0.2) is 0 Å². The van der Waals surface area contributed by atoms with Crippen molar-refractivity contribution < 1.29 is 4.21 Å². The second kappa shape index (κ2) is 3.90. The molecule has 0 rings (SSSR count). The molecular formula is C8H17NOS. The maximum Gasteiger partial charge on any atom is 0.0468 e. The van der Waals surface area contributed by atoms with Gasteiger partial charge in [0.1, 0.15) is 0 Å². The predicted molar refractivity (Wildman–Crippen MR) is 50.7 cm³/mol. The van der Waals surface area contributed by atoms with Crippen LogP contribution in [0.4, 0.5) is 0 Å². The van der Waals surface area contributed by atoms with Gasteiger partial charge in [-0.3, -0.25) is 4.21 Å². The Morgan fingerprint density at radius 3 is 2.18 bits per heavy atom. The van der Waals surface area contributed by atoms with Crippen molar-refractivity contribution in [2.24, 2.45) is 0 Å². The molecule has 0 aromatic heterocycles. The van der Waals surface area contributed by atoms with Gasteiger partial charge in [-0.1, -0.05) is 0 Å². The molecule has 0 aliphatic rings. The Kier molecular flexibility index (Phi) is 3.79. The fraction of sp³-hybridized carbons (Fsp3) is 0.750. The summed E-state index contributed by atoms with van der Waals surface area (Å²) in [7, 11) is -0.846. The number of allylic oxidation sites excluding steroid dienone is 1. The molecule has 1 N–H and O–H groups in total. The lowest BCUT2D eigenvalue weighted by atomic mass is 10.1. The smallest absolute Gasteiger partial charge is 0.0468 e. The zero-order chi connectivity index (χ0) is 9.07. The van der Waals surface area contributed by atoms with Crippen molar-refractivity contribution in [1.82, 2.24) is 5.32 Å². The third-order valence-corrected chi connectivity index (χ3v) is 2.19. The Morgan fingerprint density at radius 1 is 1.45 bits per heavy atom. The lowest BCUT2D eigenvalue weighted by molar-refractivity contribution is 0.490. The van der Waals surface area contributed by atoms with E-state index in [1.54, 1.807) is 6.26 Å². The number of nitrogens with one attached hydrogen (secondary N) is 1. The van der Waals surface area contributed by atoms with E-state index in [4.69, 9.17) is 0 Å². The molecule has 1 atom stereocenters. The van der Waals surface area contributed by atoms with E-state index < -0.39 is 10.8 Å². The van der Waals surface area contributed by atoms with E-state index >= 15 is 0 Å². The van der Waals surface area contributed by atoms with E-state index in [1.807, 2.05) is 13.1 Å². The molecule has 2 nitrogen and oxygen atoms in total. The summed E-state index contributed by atoms with van der Waals surface area (Å²) in [6.07, 6.45) is 3.49. The van der Waals surface area contributed by atoms with Crippen LogP contribution >= 0.6 is 0 Å². The van der Waals surface area contributed by atoms with Crippen LogP contribution in [0.5, 0.6) is 0 Å². The number of hydrogen-bond donors (Lipinski definition) is 1. The summed E-state index contributed by atoms with van der Waals surface area (Å²) in [6.45, 7) is 8.05. The standard InChI is InChI=1S/C8H17NOS/c1-7(11(5)10)6-9-8(2,3)4/h6,9H,1-5H3. The molecule has 0 aromatic carbocycles. The third-order valence-electron chi connectivity index (χ3n) is 1.16. The first kappa shape index (κ1) is 10.7. The van der Waals surface area contributed by atoms with E-state index in [-0.39, 0.29) is 5.54 Å². The first-order chi connectivity index (χ1) is 4.83. The topological polar surface area (TPSA) is 29.1 Å². The van der Waals surface area contributed by atoms with Crippen molar-refractivity contribution in [3.05, 3.63) is 11.1 Å². The average Bonchev–Trinajstić information content (AvgIpc) is 1.80. The van der Waals surface area contributed by atoms with Crippen LogP contribution < -0.4 is 5.32 Å². The molecule has 1 unspecified atom stereocenters. The van der Waals surface area contributed by atoms with Crippen molar-refractivity contribution in [2.45, 2.75) is 33.2 Å². The van der Waals surface area contributed by atoms with Crippen molar-refractivity contribution in [3.8, 4) is 0 Å². The van der Waals surface area contributed by atoms with Gasteiger partial charge >= 0.3 is 0 Å². The monoisotopic (exact) mass is 175 g/mol. The van der Waals surface area contributed by atoms with Gasteiger partial charge in [0.2, 0.25) is 0 Å². The summed E-state index contributed by atoms with van der Waals surface area (Å²) in [5.41, 5.74) is 0.0562. The second-order valence-electron chi connectivity index (χ2n) is 3.60. The molecule has 0 aliphatic heterocycles. The van der Waals surface area contributed by atoms with Crippen LogP contribution in [-0.4, -0.2) is 16.0 Å². The molecule has 66 valence electrons.